The molecular formula is C12H18N4O2. The number of aromatic nitrogens is 1. The van der Waals surface area contributed by atoms with Crippen LogP contribution in [0.15, 0.2) is 12.1 Å². The number of anilines is 1. The van der Waals surface area contributed by atoms with Gasteiger partial charge in [-0.25, -0.2) is 4.98 Å². The summed E-state index contributed by atoms with van der Waals surface area (Å²) in [4.78, 5) is 14.5. The van der Waals surface area contributed by atoms with Crippen LogP contribution in [0.2, 0.25) is 0 Å². The molecule has 1 fully saturated rings. The van der Waals surface area contributed by atoms with Gasteiger partial charge in [0.25, 0.3) is 5.69 Å². The van der Waals surface area contributed by atoms with Crippen molar-refractivity contribution in [3.05, 3.63) is 27.9 Å². The Bertz CT molecular complexity index is 450. The van der Waals surface area contributed by atoms with E-state index in [4.69, 9.17) is 5.73 Å². The molecule has 1 aromatic rings. The highest BCUT2D eigenvalue weighted by molar-refractivity contribution is 5.45. The lowest BCUT2D eigenvalue weighted by molar-refractivity contribution is -0.385. The number of hydrogen-bond donors (Lipinski definition) is 2. The average Bonchev–Trinajstić information content (AvgIpc) is 2.32. The Morgan fingerprint density at radius 1 is 1.44 bits per heavy atom. The Kier molecular flexibility index (Phi) is 3.76. The topological polar surface area (TPSA) is 94.1 Å². The van der Waals surface area contributed by atoms with Crippen LogP contribution in [0, 0.1) is 17.0 Å². The average molecular weight is 250 g/mol. The van der Waals surface area contributed by atoms with E-state index in [1.165, 1.54) is 12.5 Å². The molecule has 6 nitrogen and oxygen atoms in total. The Hall–Kier alpha value is -1.69. The fraction of sp³-hybridized carbons (Fsp3) is 0.583. The molecule has 0 aliphatic heterocycles. The van der Waals surface area contributed by atoms with E-state index < -0.39 is 4.92 Å². The standard InChI is InChI=1S/C12H18N4O2/c1-8-11(16(17)18)6-7-12(14-8)15-10-5-3-2-4-9(10)13/h6-7,9-10H,2-5,13H2,1H3,(H,14,15)/t9-,10-/m1/s1. The maximum atomic E-state index is 10.7. The van der Waals surface area contributed by atoms with Gasteiger partial charge in [-0.05, 0) is 25.8 Å². The molecule has 1 saturated carbocycles. The highest BCUT2D eigenvalue weighted by Gasteiger charge is 2.22. The number of nitro groups is 1. The largest absolute Gasteiger partial charge is 0.366 e. The molecule has 0 amide bonds. The molecule has 0 radical (unpaired) electrons. The maximum Gasteiger partial charge on any atom is 0.290 e. The molecule has 1 aliphatic carbocycles. The Labute approximate surface area is 106 Å². The lowest BCUT2D eigenvalue weighted by Gasteiger charge is -2.29. The first-order valence-electron chi connectivity index (χ1n) is 6.22. The number of pyridine rings is 1. The smallest absolute Gasteiger partial charge is 0.290 e. The Balaban J connectivity index is 2.10. The molecule has 0 spiro atoms. The number of rotatable bonds is 3. The van der Waals surface area contributed by atoms with Crippen molar-refractivity contribution in [1.29, 1.82) is 0 Å². The fourth-order valence-corrected chi connectivity index (χ4v) is 2.36. The van der Waals surface area contributed by atoms with Gasteiger partial charge in [-0.1, -0.05) is 12.8 Å². The van der Waals surface area contributed by atoms with Crippen LogP contribution in [0.25, 0.3) is 0 Å². The summed E-state index contributed by atoms with van der Waals surface area (Å²) < 4.78 is 0. The van der Waals surface area contributed by atoms with Gasteiger partial charge in [-0.15, -0.1) is 0 Å². The number of nitrogens with one attached hydrogen (secondary N) is 1. The van der Waals surface area contributed by atoms with Gasteiger partial charge < -0.3 is 11.1 Å². The highest BCUT2D eigenvalue weighted by Crippen LogP contribution is 2.22. The van der Waals surface area contributed by atoms with Crippen molar-refractivity contribution >= 4 is 11.5 Å². The van der Waals surface area contributed by atoms with Crippen LogP contribution >= 0.6 is 0 Å². The van der Waals surface area contributed by atoms with E-state index >= 15 is 0 Å². The van der Waals surface area contributed by atoms with Crippen LogP contribution in [0.3, 0.4) is 0 Å². The van der Waals surface area contributed by atoms with E-state index in [0.717, 1.165) is 19.3 Å². The third-order valence-electron chi connectivity index (χ3n) is 3.41. The number of aryl methyl sites for hydroxylation is 1. The van der Waals surface area contributed by atoms with E-state index in [2.05, 4.69) is 10.3 Å². The van der Waals surface area contributed by atoms with Crippen molar-refractivity contribution in [1.82, 2.24) is 4.98 Å². The lowest BCUT2D eigenvalue weighted by Crippen LogP contribution is -2.42. The van der Waals surface area contributed by atoms with Crippen LogP contribution in [0.1, 0.15) is 31.4 Å². The summed E-state index contributed by atoms with van der Waals surface area (Å²) in [6.07, 6.45) is 4.38. The first kappa shape index (κ1) is 12.8. The molecule has 1 heterocycles. The van der Waals surface area contributed by atoms with Crippen LogP contribution in [-0.4, -0.2) is 22.0 Å². The lowest BCUT2D eigenvalue weighted by atomic mass is 9.91. The zero-order chi connectivity index (χ0) is 13.1. The Morgan fingerprint density at radius 2 is 2.17 bits per heavy atom. The fourth-order valence-electron chi connectivity index (χ4n) is 2.36. The van der Waals surface area contributed by atoms with Crippen molar-refractivity contribution in [2.45, 2.75) is 44.7 Å². The molecule has 3 N–H and O–H groups in total. The van der Waals surface area contributed by atoms with Crippen molar-refractivity contribution in [3.8, 4) is 0 Å². The second-order valence-corrected chi connectivity index (χ2v) is 4.76. The summed E-state index contributed by atoms with van der Waals surface area (Å²) in [7, 11) is 0. The predicted molar refractivity (Wildman–Crippen MR) is 69.5 cm³/mol. The first-order valence-corrected chi connectivity index (χ1v) is 6.22. The van der Waals surface area contributed by atoms with Crippen molar-refractivity contribution in [3.63, 3.8) is 0 Å². The summed E-state index contributed by atoms with van der Waals surface area (Å²) in [5.74, 6) is 0.667. The van der Waals surface area contributed by atoms with Crippen LogP contribution in [0.4, 0.5) is 11.5 Å². The van der Waals surface area contributed by atoms with Crippen LogP contribution < -0.4 is 11.1 Å². The van der Waals surface area contributed by atoms with E-state index in [1.807, 2.05) is 0 Å². The molecule has 2 atom stereocenters. The van der Waals surface area contributed by atoms with E-state index in [1.54, 1.807) is 13.0 Å². The molecule has 2 rings (SSSR count). The monoisotopic (exact) mass is 250 g/mol. The summed E-state index contributed by atoms with van der Waals surface area (Å²) in [5.41, 5.74) is 6.52. The molecule has 6 heteroatoms. The van der Waals surface area contributed by atoms with Gasteiger partial charge in [0.2, 0.25) is 0 Å². The van der Waals surface area contributed by atoms with Gasteiger partial charge in [0.05, 0.1) is 4.92 Å². The van der Waals surface area contributed by atoms with Crippen molar-refractivity contribution in [2.75, 3.05) is 5.32 Å². The normalized spacial score (nSPS) is 23.7. The predicted octanol–water partition coefficient (Wildman–Crippen LogP) is 1.98. The summed E-state index contributed by atoms with van der Waals surface area (Å²) in [6.45, 7) is 1.64. The molecule has 1 aliphatic rings. The maximum absolute atomic E-state index is 10.7. The minimum absolute atomic E-state index is 0.0495. The first-order chi connectivity index (χ1) is 8.58. The highest BCUT2D eigenvalue weighted by atomic mass is 16.6. The van der Waals surface area contributed by atoms with Crippen LogP contribution in [-0.2, 0) is 0 Å². The summed E-state index contributed by atoms with van der Waals surface area (Å²) in [5, 5.41) is 14.0. The minimum atomic E-state index is -0.418. The summed E-state index contributed by atoms with van der Waals surface area (Å²) in [6, 6.07) is 3.48. The number of hydrogen-bond acceptors (Lipinski definition) is 5. The zero-order valence-corrected chi connectivity index (χ0v) is 10.4. The van der Waals surface area contributed by atoms with Crippen molar-refractivity contribution in [2.24, 2.45) is 5.73 Å². The van der Waals surface area contributed by atoms with Gasteiger partial charge in [-0.3, -0.25) is 10.1 Å². The van der Waals surface area contributed by atoms with Gasteiger partial charge in [0.15, 0.2) is 0 Å². The minimum Gasteiger partial charge on any atom is -0.366 e. The molecule has 0 saturated heterocycles. The second-order valence-electron chi connectivity index (χ2n) is 4.76. The zero-order valence-electron chi connectivity index (χ0n) is 10.4. The SMILES string of the molecule is Cc1nc(N[C@@H]2CCCC[C@H]2N)ccc1[N+](=O)[O-]. The van der Waals surface area contributed by atoms with Gasteiger partial charge >= 0.3 is 0 Å². The van der Waals surface area contributed by atoms with Gasteiger partial charge in [0, 0.05) is 18.2 Å². The van der Waals surface area contributed by atoms with Crippen molar-refractivity contribution < 1.29 is 4.92 Å². The van der Waals surface area contributed by atoms with E-state index in [9.17, 15) is 10.1 Å². The summed E-state index contributed by atoms with van der Waals surface area (Å²) >= 11 is 0. The molecule has 0 bridgehead atoms. The third kappa shape index (κ3) is 2.76. The second kappa shape index (κ2) is 5.30. The number of nitrogens with two attached hydrogens (primary N) is 1. The molecule has 1 aromatic heterocycles. The molecule has 0 unspecified atom stereocenters. The molecule has 0 aromatic carbocycles. The number of nitrogens with zero attached hydrogens (tertiary/aromatic N) is 2. The molecule has 98 valence electrons. The molecular weight excluding hydrogens is 232 g/mol. The van der Waals surface area contributed by atoms with E-state index in [-0.39, 0.29) is 17.8 Å². The van der Waals surface area contributed by atoms with Crippen LogP contribution in [0.5, 0.6) is 0 Å². The quantitative estimate of drug-likeness (QED) is 0.632. The van der Waals surface area contributed by atoms with Gasteiger partial charge in [0.1, 0.15) is 11.5 Å². The Morgan fingerprint density at radius 3 is 2.78 bits per heavy atom. The van der Waals surface area contributed by atoms with Gasteiger partial charge in [-0.2, -0.15) is 0 Å². The van der Waals surface area contributed by atoms with E-state index in [0.29, 0.717) is 11.5 Å². The third-order valence-corrected chi connectivity index (χ3v) is 3.41. The molecule has 18 heavy (non-hydrogen) atoms.